The molecule has 1 fully saturated rings. The van der Waals surface area contributed by atoms with E-state index in [1.54, 1.807) is 0 Å². The van der Waals surface area contributed by atoms with E-state index in [0.717, 1.165) is 13.2 Å². The van der Waals surface area contributed by atoms with E-state index in [1.807, 2.05) is 0 Å². The predicted molar refractivity (Wildman–Crippen MR) is 46.4 cm³/mol. The van der Waals surface area contributed by atoms with Crippen LogP contribution in [0.1, 0.15) is 32.6 Å². The molecular formula is C9H19NO. The Labute approximate surface area is 69.1 Å². The lowest BCUT2D eigenvalue weighted by Crippen LogP contribution is -2.20. The van der Waals surface area contributed by atoms with Gasteiger partial charge in [0.2, 0.25) is 0 Å². The zero-order chi connectivity index (χ0) is 8.10. The maximum Gasteiger partial charge on any atom is 0.0575 e. The molecule has 0 spiro atoms. The summed E-state index contributed by atoms with van der Waals surface area (Å²) in [7, 11) is 0. The number of hydrogen-bond acceptors (Lipinski definition) is 2. The van der Waals surface area contributed by atoms with E-state index in [4.69, 9.17) is 10.5 Å². The highest BCUT2D eigenvalue weighted by Gasteiger charge is 2.15. The Kier molecular flexibility index (Phi) is 3.87. The van der Waals surface area contributed by atoms with Gasteiger partial charge in [-0.15, -0.1) is 0 Å². The highest BCUT2D eigenvalue weighted by molar-refractivity contribution is 4.67. The van der Waals surface area contributed by atoms with Crippen LogP contribution in [0.25, 0.3) is 0 Å². The maximum atomic E-state index is 5.68. The summed E-state index contributed by atoms with van der Waals surface area (Å²) in [6, 6.07) is 0. The Balaban J connectivity index is 2.01. The Morgan fingerprint density at radius 3 is 2.64 bits per heavy atom. The Bertz CT molecular complexity index is 99.7. The van der Waals surface area contributed by atoms with Gasteiger partial charge in [-0.25, -0.2) is 0 Å². The Morgan fingerprint density at radius 1 is 1.45 bits per heavy atom. The van der Waals surface area contributed by atoms with E-state index in [-0.39, 0.29) is 0 Å². The van der Waals surface area contributed by atoms with Crippen molar-refractivity contribution in [3.63, 3.8) is 0 Å². The van der Waals surface area contributed by atoms with E-state index < -0.39 is 0 Å². The van der Waals surface area contributed by atoms with Gasteiger partial charge in [0, 0.05) is 0 Å². The fourth-order valence-corrected chi connectivity index (χ4v) is 1.42. The number of ether oxygens (including phenoxy) is 1. The average Bonchev–Trinajstić information content (AvgIpc) is 2.52. The summed E-state index contributed by atoms with van der Waals surface area (Å²) in [6.45, 7) is 3.73. The average molecular weight is 157 g/mol. The first kappa shape index (κ1) is 9.01. The molecule has 2 nitrogen and oxygen atoms in total. The van der Waals surface area contributed by atoms with Crippen molar-refractivity contribution in [2.75, 3.05) is 13.2 Å². The quantitative estimate of drug-likeness (QED) is 0.672. The van der Waals surface area contributed by atoms with Crippen molar-refractivity contribution < 1.29 is 4.74 Å². The lowest BCUT2D eigenvalue weighted by atomic mass is 10.2. The molecule has 1 atom stereocenters. The third kappa shape index (κ3) is 3.21. The van der Waals surface area contributed by atoms with Gasteiger partial charge in [0.1, 0.15) is 0 Å². The van der Waals surface area contributed by atoms with Gasteiger partial charge in [-0.05, 0) is 25.3 Å². The number of rotatable bonds is 4. The van der Waals surface area contributed by atoms with Gasteiger partial charge in [0.25, 0.3) is 0 Å². The zero-order valence-electron chi connectivity index (χ0n) is 7.38. The van der Waals surface area contributed by atoms with Gasteiger partial charge in [-0.3, -0.25) is 0 Å². The molecule has 0 aromatic heterocycles. The summed E-state index contributed by atoms with van der Waals surface area (Å²) in [6.07, 6.45) is 5.77. The lowest BCUT2D eigenvalue weighted by Gasteiger charge is -2.14. The topological polar surface area (TPSA) is 35.2 Å². The van der Waals surface area contributed by atoms with Crippen molar-refractivity contribution in [2.45, 2.75) is 38.7 Å². The number of nitrogens with two attached hydrogens (primary N) is 1. The summed E-state index contributed by atoms with van der Waals surface area (Å²) in [5, 5.41) is 0. The molecule has 0 amide bonds. The molecule has 1 aliphatic rings. The van der Waals surface area contributed by atoms with E-state index >= 15 is 0 Å². The normalized spacial score (nSPS) is 22.4. The standard InChI is InChI=1S/C9H19NO/c1-8(6-10)7-11-9-4-2-3-5-9/h8-9H,2-7,10H2,1H3/t8-/m1/s1. The van der Waals surface area contributed by atoms with Crippen LogP contribution in [0.2, 0.25) is 0 Å². The molecule has 0 bridgehead atoms. The summed E-state index contributed by atoms with van der Waals surface area (Å²) in [5.41, 5.74) is 5.48. The summed E-state index contributed by atoms with van der Waals surface area (Å²) in [5.74, 6) is 0.524. The third-order valence-corrected chi connectivity index (χ3v) is 2.32. The molecule has 11 heavy (non-hydrogen) atoms. The highest BCUT2D eigenvalue weighted by atomic mass is 16.5. The van der Waals surface area contributed by atoms with Crippen LogP contribution in [-0.2, 0) is 4.74 Å². The molecule has 1 saturated carbocycles. The van der Waals surface area contributed by atoms with E-state index in [0.29, 0.717) is 12.0 Å². The minimum Gasteiger partial charge on any atom is -0.378 e. The van der Waals surface area contributed by atoms with Crippen molar-refractivity contribution in [1.29, 1.82) is 0 Å². The molecule has 0 aliphatic heterocycles. The summed E-state index contributed by atoms with van der Waals surface area (Å²) < 4.78 is 5.68. The van der Waals surface area contributed by atoms with Crippen LogP contribution in [0.15, 0.2) is 0 Å². The number of hydrogen-bond donors (Lipinski definition) is 1. The van der Waals surface area contributed by atoms with Crippen LogP contribution >= 0.6 is 0 Å². The summed E-state index contributed by atoms with van der Waals surface area (Å²) in [4.78, 5) is 0. The van der Waals surface area contributed by atoms with Crippen LogP contribution in [0.4, 0.5) is 0 Å². The predicted octanol–water partition coefficient (Wildman–Crippen LogP) is 1.54. The second-order valence-corrected chi connectivity index (χ2v) is 3.58. The monoisotopic (exact) mass is 157 g/mol. The molecule has 0 heterocycles. The van der Waals surface area contributed by atoms with Gasteiger partial charge in [0.05, 0.1) is 12.7 Å². The molecule has 0 unspecified atom stereocenters. The van der Waals surface area contributed by atoms with Crippen LogP contribution < -0.4 is 5.73 Å². The fourth-order valence-electron chi connectivity index (χ4n) is 1.42. The fraction of sp³-hybridized carbons (Fsp3) is 1.00. The third-order valence-electron chi connectivity index (χ3n) is 2.32. The van der Waals surface area contributed by atoms with Crippen molar-refractivity contribution in [3.8, 4) is 0 Å². The minimum absolute atomic E-state index is 0.524. The molecule has 2 N–H and O–H groups in total. The van der Waals surface area contributed by atoms with Gasteiger partial charge < -0.3 is 10.5 Å². The van der Waals surface area contributed by atoms with E-state index in [2.05, 4.69) is 6.92 Å². The largest absolute Gasteiger partial charge is 0.378 e. The van der Waals surface area contributed by atoms with E-state index in [1.165, 1.54) is 25.7 Å². The van der Waals surface area contributed by atoms with Gasteiger partial charge >= 0.3 is 0 Å². The van der Waals surface area contributed by atoms with Gasteiger partial charge in [0.15, 0.2) is 0 Å². The van der Waals surface area contributed by atoms with Gasteiger partial charge in [-0.2, -0.15) is 0 Å². The summed E-state index contributed by atoms with van der Waals surface area (Å²) >= 11 is 0. The molecule has 1 rings (SSSR count). The molecule has 0 aromatic carbocycles. The second-order valence-electron chi connectivity index (χ2n) is 3.58. The van der Waals surface area contributed by atoms with Crippen LogP contribution in [0.3, 0.4) is 0 Å². The molecule has 0 radical (unpaired) electrons. The van der Waals surface area contributed by atoms with Gasteiger partial charge in [-0.1, -0.05) is 19.8 Å². The highest BCUT2D eigenvalue weighted by Crippen LogP contribution is 2.21. The molecule has 0 saturated heterocycles. The van der Waals surface area contributed by atoms with Crippen LogP contribution in [0.5, 0.6) is 0 Å². The smallest absolute Gasteiger partial charge is 0.0575 e. The molecule has 66 valence electrons. The first-order chi connectivity index (χ1) is 5.33. The van der Waals surface area contributed by atoms with Crippen molar-refractivity contribution in [3.05, 3.63) is 0 Å². The Morgan fingerprint density at radius 2 is 2.09 bits per heavy atom. The SMILES string of the molecule is C[C@H](CN)COC1CCCC1. The second kappa shape index (κ2) is 4.73. The molecular weight excluding hydrogens is 138 g/mol. The Hall–Kier alpha value is -0.0800. The van der Waals surface area contributed by atoms with Crippen LogP contribution in [0, 0.1) is 5.92 Å². The van der Waals surface area contributed by atoms with E-state index in [9.17, 15) is 0 Å². The van der Waals surface area contributed by atoms with Crippen molar-refractivity contribution in [1.82, 2.24) is 0 Å². The maximum absolute atomic E-state index is 5.68. The van der Waals surface area contributed by atoms with Crippen molar-refractivity contribution >= 4 is 0 Å². The zero-order valence-corrected chi connectivity index (χ0v) is 7.38. The minimum atomic E-state index is 0.524. The lowest BCUT2D eigenvalue weighted by molar-refractivity contribution is 0.0389. The first-order valence-corrected chi connectivity index (χ1v) is 4.64. The molecule has 0 aromatic rings. The van der Waals surface area contributed by atoms with Crippen LogP contribution in [-0.4, -0.2) is 19.3 Å². The van der Waals surface area contributed by atoms with Crippen molar-refractivity contribution in [2.24, 2.45) is 11.7 Å². The molecule has 2 heteroatoms. The molecule has 1 aliphatic carbocycles. The first-order valence-electron chi connectivity index (χ1n) is 4.64.